The minimum Gasteiger partial charge on any atom is -0.489 e. The van der Waals surface area contributed by atoms with Gasteiger partial charge in [-0.3, -0.25) is 0 Å². The molecule has 0 bridgehead atoms. The molecule has 0 aliphatic carbocycles. The molecule has 5 nitrogen and oxygen atoms in total. The number of carbonyl (C=O) groups excluding carboxylic acids is 1. The molecule has 0 aliphatic heterocycles. The highest BCUT2D eigenvalue weighted by Gasteiger charge is 2.04. The third-order valence-electron chi connectivity index (χ3n) is 2.31. The number of para-hydroxylation sites is 1. The monoisotopic (exact) mass is 276 g/mol. The molecule has 0 fully saturated rings. The van der Waals surface area contributed by atoms with E-state index >= 15 is 0 Å². The SMILES string of the molecule is C=CCOc1ccccc1CCOC(=O)/C=C/C(=O)O. The van der Waals surface area contributed by atoms with Gasteiger partial charge in [0, 0.05) is 18.6 Å². The van der Waals surface area contributed by atoms with Crippen LogP contribution in [-0.4, -0.2) is 30.3 Å². The van der Waals surface area contributed by atoms with Crippen LogP contribution in [0.15, 0.2) is 49.1 Å². The van der Waals surface area contributed by atoms with Crippen molar-refractivity contribution in [3.05, 3.63) is 54.6 Å². The van der Waals surface area contributed by atoms with Gasteiger partial charge >= 0.3 is 11.9 Å². The van der Waals surface area contributed by atoms with Crippen LogP contribution in [0.25, 0.3) is 0 Å². The number of carbonyl (C=O) groups is 2. The summed E-state index contributed by atoms with van der Waals surface area (Å²) in [5.41, 5.74) is 0.907. The van der Waals surface area contributed by atoms with E-state index in [2.05, 4.69) is 6.58 Å². The molecule has 0 aliphatic rings. The first-order valence-corrected chi connectivity index (χ1v) is 6.03. The number of carboxylic acid groups (broad SMARTS) is 1. The average molecular weight is 276 g/mol. The first kappa shape index (κ1) is 15.5. The molecular formula is C15H16O5. The van der Waals surface area contributed by atoms with Gasteiger partial charge in [0.2, 0.25) is 0 Å². The van der Waals surface area contributed by atoms with Crippen molar-refractivity contribution < 1.29 is 24.2 Å². The van der Waals surface area contributed by atoms with Gasteiger partial charge < -0.3 is 14.6 Å². The summed E-state index contributed by atoms with van der Waals surface area (Å²) in [5.74, 6) is -1.16. The second-order valence-corrected chi connectivity index (χ2v) is 3.80. The van der Waals surface area contributed by atoms with Gasteiger partial charge in [0.05, 0.1) is 6.61 Å². The quantitative estimate of drug-likeness (QED) is 0.446. The van der Waals surface area contributed by atoms with Crippen molar-refractivity contribution in [3.63, 3.8) is 0 Å². The number of benzene rings is 1. The number of hydrogen-bond acceptors (Lipinski definition) is 4. The summed E-state index contributed by atoms with van der Waals surface area (Å²) in [7, 11) is 0. The summed E-state index contributed by atoms with van der Waals surface area (Å²) < 4.78 is 10.4. The number of ether oxygens (including phenoxy) is 2. The summed E-state index contributed by atoms with van der Waals surface area (Å²) in [6.07, 6.45) is 3.75. The summed E-state index contributed by atoms with van der Waals surface area (Å²) >= 11 is 0. The van der Waals surface area contributed by atoms with E-state index in [9.17, 15) is 9.59 Å². The number of rotatable bonds is 8. The lowest BCUT2D eigenvalue weighted by Crippen LogP contribution is -2.07. The summed E-state index contributed by atoms with van der Waals surface area (Å²) in [6.45, 7) is 4.13. The zero-order chi connectivity index (χ0) is 14.8. The van der Waals surface area contributed by atoms with E-state index in [1.165, 1.54) is 0 Å². The second kappa shape index (κ2) is 8.53. The highest BCUT2D eigenvalue weighted by Crippen LogP contribution is 2.18. The van der Waals surface area contributed by atoms with E-state index in [1.54, 1.807) is 6.08 Å². The van der Waals surface area contributed by atoms with Gasteiger partial charge in [0.25, 0.3) is 0 Å². The van der Waals surface area contributed by atoms with E-state index in [-0.39, 0.29) is 6.61 Å². The summed E-state index contributed by atoms with van der Waals surface area (Å²) in [4.78, 5) is 21.4. The highest BCUT2D eigenvalue weighted by molar-refractivity contribution is 5.90. The minimum absolute atomic E-state index is 0.150. The minimum atomic E-state index is -1.19. The molecule has 0 amide bonds. The van der Waals surface area contributed by atoms with Crippen LogP contribution >= 0.6 is 0 Å². The summed E-state index contributed by atoms with van der Waals surface area (Å²) in [6, 6.07) is 7.41. The molecule has 1 aromatic carbocycles. The van der Waals surface area contributed by atoms with E-state index < -0.39 is 11.9 Å². The Hall–Kier alpha value is -2.56. The topological polar surface area (TPSA) is 72.8 Å². The van der Waals surface area contributed by atoms with E-state index in [0.717, 1.165) is 17.7 Å². The smallest absolute Gasteiger partial charge is 0.331 e. The molecule has 0 saturated carbocycles. The molecule has 20 heavy (non-hydrogen) atoms. The predicted molar refractivity (Wildman–Crippen MR) is 73.6 cm³/mol. The Labute approximate surface area is 117 Å². The van der Waals surface area contributed by atoms with Gasteiger partial charge in [-0.15, -0.1) is 0 Å². The van der Waals surface area contributed by atoms with Gasteiger partial charge in [-0.25, -0.2) is 9.59 Å². The van der Waals surface area contributed by atoms with Crippen molar-refractivity contribution in [1.82, 2.24) is 0 Å². The van der Waals surface area contributed by atoms with Gasteiger partial charge in [0.15, 0.2) is 0 Å². The molecule has 0 unspecified atom stereocenters. The van der Waals surface area contributed by atoms with Crippen LogP contribution in [-0.2, 0) is 20.7 Å². The molecule has 1 aromatic rings. The summed E-state index contributed by atoms with van der Waals surface area (Å²) in [5, 5.41) is 8.37. The maximum Gasteiger partial charge on any atom is 0.331 e. The van der Waals surface area contributed by atoms with E-state index in [1.807, 2.05) is 24.3 Å². The highest BCUT2D eigenvalue weighted by atomic mass is 16.5. The van der Waals surface area contributed by atoms with Gasteiger partial charge in [0.1, 0.15) is 12.4 Å². The Morgan fingerprint density at radius 1 is 1.25 bits per heavy atom. The third kappa shape index (κ3) is 5.86. The van der Waals surface area contributed by atoms with Crippen LogP contribution in [0.3, 0.4) is 0 Å². The van der Waals surface area contributed by atoms with Crippen LogP contribution in [0, 0.1) is 0 Å². The fraction of sp³-hybridized carbons (Fsp3) is 0.200. The van der Waals surface area contributed by atoms with Gasteiger partial charge in [-0.1, -0.05) is 30.9 Å². The molecule has 0 saturated heterocycles. The molecule has 0 aromatic heterocycles. The van der Waals surface area contributed by atoms with Crippen molar-refractivity contribution >= 4 is 11.9 Å². The second-order valence-electron chi connectivity index (χ2n) is 3.80. The Bertz CT molecular complexity index is 505. The first-order valence-electron chi connectivity index (χ1n) is 6.03. The molecule has 0 spiro atoms. The first-order chi connectivity index (χ1) is 9.63. The average Bonchev–Trinajstić information content (AvgIpc) is 2.44. The molecule has 106 valence electrons. The lowest BCUT2D eigenvalue weighted by molar-refractivity contribution is -0.138. The molecule has 0 atom stereocenters. The Kier molecular flexibility index (Phi) is 6.61. The molecular weight excluding hydrogens is 260 g/mol. The fourth-order valence-corrected chi connectivity index (χ4v) is 1.45. The Morgan fingerprint density at radius 2 is 2.00 bits per heavy atom. The van der Waals surface area contributed by atoms with Crippen molar-refractivity contribution in [2.75, 3.05) is 13.2 Å². The van der Waals surface area contributed by atoms with Crippen LogP contribution in [0.4, 0.5) is 0 Å². The standard InChI is InChI=1S/C15H16O5/c1-2-10-19-13-6-4-3-5-12(13)9-11-20-15(18)8-7-14(16)17/h2-8H,1,9-11H2,(H,16,17)/b8-7+. The molecule has 0 heterocycles. The number of carboxylic acids is 1. The lowest BCUT2D eigenvalue weighted by Gasteiger charge is -2.09. The van der Waals surface area contributed by atoms with E-state index in [0.29, 0.717) is 18.8 Å². The zero-order valence-corrected chi connectivity index (χ0v) is 11.0. The third-order valence-corrected chi connectivity index (χ3v) is 2.31. The number of esters is 1. The number of aliphatic carboxylic acids is 1. The molecule has 0 radical (unpaired) electrons. The molecule has 1 rings (SSSR count). The van der Waals surface area contributed by atoms with Crippen LogP contribution in [0.5, 0.6) is 5.75 Å². The Balaban J connectivity index is 2.47. The largest absolute Gasteiger partial charge is 0.489 e. The van der Waals surface area contributed by atoms with Gasteiger partial charge in [-0.05, 0) is 11.6 Å². The van der Waals surface area contributed by atoms with Crippen molar-refractivity contribution in [2.45, 2.75) is 6.42 Å². The van der Waals surface area contributed by atoms with Crippen molar-refractivity contribution in [2.24, 2.45) is 0 Å². The predicted octanol–water partition coefficient (Wildman–Crippen LogP) is 1.98. The molecule has 5 heteroatoms. The molecule has 1 N–H and O–H groups in total. The normalized spacial score (nSPS) is 10.2. The maximum absolute atomic E-state index is 11.2. The van der Waals surface area contributed by atoms with Crippen molar-refractivity contribution in [1.29, 1.82) is 0 Å². The Morgan fingerprint density at radius 3 is 2.70 bits per heavy atom. The zero-order valence-electron chi connectivity index (χ0n) is 11.0. The van der Waals surface area contributed by atoms with Crippen molar-refractivity contribution in [3.8, 4) is 5.75 Å². The number of hydrogen-bond donors (Lipinski definition) is 1. The van der Waals surface area contributed by atoms with Gasteiger partial charge in [-0.2, -0.15) is 0 Å². The van der Waals surface area contributed by atoms with Crippen LogP contribution in [0.2, 0.25) is 0 Å². The fourth-order valence-electron chi connectivity index (χ4n) is 1.45. The lowest BCUT2D eigenvalue weighted by atomic mass is 10.1. The van der Waals surface area contributed by atoms with Crippen LogP contribution in [0.1, 0.15) is 5.56 Å². The van der Waals surface area contributed by atoms with E-state index in [4.69, 9.17) is 14.6 Å². The van der Waals surface area contributed by atoms with Crippen LogP contribution < -0.4 is 4.74 Å². The maximum atomic E-state index is 11.2.